The van der Waals surface area contributed by atoms with Gasteiger partial charge in [-0.15, -0.1) is 0 Å². The second-order valence-corrected chi connectivity index (χ2v) is 6.15. The summed E-state index contributed by atoms with van der Waals surface area (Å²) in [6.45, 7) is 0.825. The van der Waals surface area contributed by atoms with Gasteiger partial charge in [0.15, 0.2) is 0 Å². The van der Waals surface area contributed by atoms with Gasteiger partial charge in [-0.05, 0) is 31.6 Å². The minimum Gasteiger partial charge on any atom is -0.481 e. The Morgan fingerprint density at radius 3 is 2.48 bits per heavy atom. The number of aliphatic carboxylic acids is 1. The van der Waals surface area contributed by atoms with Crippen LogP contribution in [0.3, 0.4) is 0 Å². The van der Waals surface area contributed by atoms with Gasteiger partial charge in [-0.2, -0.15) is 0 Å². The summed E-state index contributed by atoms with van der Waals surface area (Å²) in [4.78, 5) is 36.3. The average molecular weight is 296 g/mol. The highest BCUT2D eigenvalue weighted by Gasteiger charge is 2.28. The van der Waals surface area contributed by atoms with E-state index in [9.17, 15) is 14.4 Å². The van der Waals surface area contributed by atoms with Crippen molar-refractivity contribution in [2.45, 2.75) is 44.9 Å². The first-order valence-corrected chi connectivity index (χ1v) is 7.83. The van der Waals surface area contributed by atoms with Crippen LogP contribution < -0.4 is 5.32 Å². The summed E-state index contributed by atoms with van der Waals surface area (Å²) in [6, 6.07) is 0. The molecule has 118 valence electrons. The highest BCUT2D eigenvalue weighted by Crippen LogP contribution is 2.27. The van der Waals surface area contributed by atoms with Crippen LogP contribution in [0.4, 0.5) is 0 Å². The fourth-order valence-electron chi connectivity index (χ4n) is 3.24. The normalized spacial score (nSPS) is 23.0. The highest BCUT2D eigenvalue weighted by atomic mass is 16.4. The van der Waals surface area contributed by atoms with Crippen molar-refractivity contribution >= 4 is 17.8 Å². The molecule has 0 aromatic carbocycles. The molecule has 2 N–H and O–H groups in total. The lowest BCUT2D eigenvalue weighted by Gasteiger charge is -2.30. The van der Waals surface area contributed by atoms with Gasteiger partial charge in [-0.1, -0.05) is 12.8 Å². The van der Waals surface area contributed by atoms with E-state index in [1.807, 2.05) is 0 Å². The molecule has 1 aliphatic heterocycles. The fourth-order valence-corrected chi connectivity index (χ4v) is 3.24. The summed E-state index contributed by atoms with van der Waals surface area (Å²) in [5.74, 6) is -1.11. The van der Waals surface area contributed by atoms with Crippen molar-refractivity contribution in [1.82, 2.24) is 10.2 Å². The van der Waals surface area contributed by atoms with Gasteiger partial charge in [-0.3, -0.25) is 14.4 Å². The molecule has 0 radical (unpaired) electrons. The molecule has 0 bridgehead atoms. The van der Waals surface area contributed by atoms with Crippen LogP contribution in [0.25, 0.3) is 0 Å². The monoisotopic (exact) mass is 296 g/mol. The third-order valence-corrected chi connectivity index (χ3v) is 4.51. The standard InChI is InChI=1S/C15H24N2O4/c18-13(8-11-4-1-2-5-11)16-9-14(19)17-7-3-6-12(10-17)15(20)21/h11-12H,1-10H2,(H,16,18)(H,20,21). The first-order valence-electron chi connectivity index (χ1n) is 7.83. The van der Waals surface area contributed by atoms with Gasteiger partial charge in [0, 0.05) is 19.5 Å². The number of carbonyl (C=O) groups is 3. The number of nitrogens with one attached hydrogen (secondary N) is 1. The predicted octanol–water partition coefficient (Wildman–Crippen LogP) is 1.01. The van der Waals surface area contributed by atoms with Gasteiger partial charge >= 0.3 is 5.97 Å². The molecule has 1 saturated heterocycles. The van der Waals surface area contributed by atoms with Crippen LogP contribution in [0.2, 0.25) is 0 Å². The molecular formula is C15H24N2O4. The van der Waals surface area contributed by atoms with Crippen LogP contribution >= 0.6 is 0 Å². The molecule has 1 unspecified atom stereocenters. The molecule has 6 heteroatoms. The smallest absolute Gasteiger partial charge is 0.308 e. The van der Waals surface area contributed by atoms with Crippen LogP contribution in [-0.2, 0) is 14.4 Å². The first kappa shape index (κ1) is 15.8. The van der Waals surface area contributed by atoms with Crippen molar-refractivity contribution in [2.24, 2.45) is 11.8 Å². The van der Waals surface area contributed by atoms with E-state index in [0.717, 1.165) is 12.8 Å². The van der Waals surface area contributed by atoms with E-state index in [-0.39, 0.29) is 24.9 Å². The number of rotatable bonds is 5. The Kier molecular flexibility index (Phi) is 5.59. The minimum atomic E-state index is -0.849. The number of hydrogen-bond donors (Lipinski definition) is 2. The number of hydrogen-bond acceptors (Lipinski definition) is 3. The number of likely N-dealkylation sites (tertiary alicyclic amines) is 1. The summed E-state index contributed by atoms with van der Waals surface area (Å²) >= 11 is 0. The van der Waals surface area contributed by atoms with E-state index in [4.69, 9.17) is 5.11 Å². The largest absolute Gasteiger partial charge is 0.481 e. The fraction of sp³-hybridized carbons (Fsp3) is 0.800. The zero-order chi connectivity index (χ0) is 15.2. The Balaban J connectivity index is 1.70. The maximum Gasteiger partial charge on any atom is 0.308 e. The second-order valence-electron chi connectivity index (χ2n) is 6.15. The van der Waals surface area contributed by atoms with Crippen LogP contribution in [-0.4, -0.2) is 47.4 Å². The van der Waals surface area contributed by atoms with Crippen molar-refractivity contribution < 1.29 is 19.5 Å². The van der Waals surface area contributed by atoms with Gasteiger partial charge in [0.25, 0.3) is 0 Å². The van der Waals surface area contributed by atoms with Gasteiger partial charge < -0.3 is 15.3 Å². The minimum absolute atomic E-state index is 0.0160. The first-order chi connectivity index (χ1) is 10.1. The summed E-state index contributed by atoms with van der Waals surface area (Å²) in [5.41, 5.74) is 0. The SMILES string of the molecule is O=C(CC1CCCC1)NCC(=O)N1CCCC(C(=O)O)C1. The van der Waals surface area contributed by atoms with Crippen molar-refractivity contribution in [3.63, 3.8) is 0 Å². The van der Waals surface area contributed by atoms with Crippen LogP contribution in [0.5, 0.6) is 0 Å². The van der Waals surface area contributed by atoms with Gasteiger partial charge in [-0.25, -0.2) is 0 Å². The van der Waals surface area contributed by atoms with Gasteiger partial charge in [0.1, 0.15) is 0 Å². The van der Waals surface area contributed by atoms with E-state index < -0.39 is 11.9 Å². The Morgan fingerprint density at radius 1 is 1.10 bits per heavy atom. The van der Waals surface area contributed by atoms with E-state index in [2.05, 4.69) is 5.32 Å². The Hall–Kier alpha value is -1.59. The number of carboxylic acid groups (broad SMARTS) is 1. The van der Waals surface area contributed by atoms with Crippen molar-refractivity contribution in [1.29, 1.82) is 0 Å². The Morgan fingerprint density at radius 2 is 1.81 bits per heavy atom. The van der Waals surface area contributed by atoms with E-state index in [1.165, 1.54) is 12.8 Å². The van der Waals surface area contributed by atoms with Crippen LogP contribution in [0, 0.1) is 11.8 Å². The van der Waals surface area contributed by atoms with Gasteiger partial charge in [0.2, 0.25) is 11.8 Å². The molecular weight excluding hydrogens is 272 g/mol. The maximum absolute atomic E-state index is 12.0. The quantitative estimate of drug-likeness (QED) is 0.792. The highest BCUT2D eigenvalue weighted by molar-refractivity contribution is 5.85. The van der Waals surface area contributed by atoms with Crippen LogP contribution in [0.1, 0.15) is 44.9 Å². The van der Waals surface area contributed by atoms with Crippen molar-refractivity contribution in [2.75, 3.05) is 19.6 Å². The molecule has 2 rings (SSSR count). The predicted molar refractivity (Wildman–Crippen MR) is 76.5 cm³/mol. The molecule has 1 aliphatic carbocycles. The molecule has 2 amide bonds. The zero-order valence-corrected chi connectivity index (χ0v) is 12.3. The lowest BCUT2D eigenvalue weighted by atomic mass is 9.98. The number of amides is 2. The molecule has 0 aromatic heterocycles. The number of nitrogens with zero attached hydrogens (tertiary/aromatic N) is 1. The second kappa shape index (κ2) is 7.43. The molecule has 2 fully saturated rings. The summed E-state index contributed by atoms with van der Waals surface area (Å²) in [5, 5.41) is 11.7. The lowest BCUT2D eigenvalue weighted by Crippen LogP contribution is -2.46. The molecule has 1 saturated carbocycles. The van der Waals surface area contributed by atoms with Crippen molar-refractivity contribution in [3.05, 3.63) is 0 Å². The van der Waals surface area contributed by atoms with Crippen LogP contribution in [0.15, 0.2) is 0 Å². The average Bonchev–Trinajstić information content (AvgIpc) is 2.97. The van der Waals surface area contributed by atoms with E-state index in [0.29, 0.717) is 31.7 Å². The number of piperidine rings is 1. The summed E-state index contributed by atoms with van der Waals surface area (Å²) < 4.78 is 0. The van der Waals surface area contributed by atoms with E-state index in [1.54, 1.807) is 4.90 Å². The van der Waals surface area contributed by atoms with E-state index >= 15 is 0 Å². The topological polar surface area (TPSA) is 86.7 Å². The maximum atomic E-state index is 12.0. The molecule has 2 aliphatic rings. The third-order valence-electron chi connectivity index (χ3n) is 4.51. The molecule has 1 atom stereocenters. The summed E-state index contributed by atoms with van der Waals surface area (Å²) in [6.07, 6.45) is 6.43. The molecule has 6 nitrogen and oxygen atoms in total. The molecule has 1 heterocycles. The molecule has 0 aromatic rings. The lowest BCUT2D eigenvalue weighted by molar-refractivity contribution is -0.146. The molecule has 0 spiro atoms. The summed E-state index contributed by atoms with van der Waals surface area (Å²) in [7, 11) is 0. The number of carbonyl (C=O) groups excluding carboxylic acids is 2. The number of carboxylic acids is 1. The van der Waals surface area contributed by atoms with Gasteiger partial charge in [0.05, 0.1) is 12.5 Å². The van der Waals surface area contributed by atoms with Crippen molar-refractivity contribution in [3.8, 4) is 0 Å². The zero-order valence-electron chi connectivity index (χ0n) is 12.3. The molecule has 21 heavy (non-hydrogen) atoms. The Bertz CT molecular complexity index is 404. The third kappa shape index (κ3) is 4.72. The Labute approximate surface area is 124 Å².